The van der Waals surface area contributed by atoms with Gasteiger partial charge in [-0.3, -0.25) is 0 Å². The standard InChI is InChI=1S/C8H13NO3/c1-6(2)7-9-8(3-10,4-11)5-12-7/h10-11H,1,3-5H2,2H3. The van der Waals surface area contributed by atoms with Gasteiger partial charge in [0.1, 0.15) is 12.1 Å². The topological polar surface area (TPSA) is 62.1 Å². The van der Waals surface area contributed by atoms with Crippen LogP contribution in [0.5, 0.6) is 0 Å². The van der Waals surface area contributed by atoms with Crippen LogP contribution in [-0.4, -0.2) is 41.5 Å². The van der Waals surface area contributed by atoms with Gasteiger partial charge in [0.15, 0.2) is 0 Å². The summed E-state index contributed by atoms with van der Waals surface area (Å²) in [5.41, 5.74) is -0.146. The van der Waals surface area contributed by atoms with E-state index < -0.39 is 5.54 Å². The molecule has 0 spiro atoms. The van der Waals surface area contributed by atoms with E-state index in [0.717, 1.165) is 0 Å². The van der Waals surface area contributed by atoms with E-state index in [1.807, 2.05) is 0 Å². The van der Waals surface area contributed by atoms with Crippen LogP contribution in [0.4, 0.5) is 0 Å². The van der Waals surface area contributed by atoms with Gasteiger partial charge in [-0.25, -0.2) is 4.99 Å². The second-order valence-electron chi connectivity index (χ2n) is 3.03. The van der Waals surface area contributed by atoms with Gasteiger partial charge in [-0.15, -0.1) is 0 Å². The van der Waals surface area contributed by atoms with E-state index in [-0.39, 0.29) is 19.8 Å². The average molecular weight is 171 g/mol. The van der Waals surface area contributed by atoms with Crippen molar-refractivity contribution in [3.63, 3.8) is 0 Å². The third kappa shape index (κ3) is 1.49. The van der Waals surface area contributed by atoms with Crippen molar-refractivity contribution in [3.8, 4) is 0 Å². The van der Waals surface area contributed by atoms with Gasteiger partial charge in [0.05, 0.1) is 13.2 Å². The number of rotatable bonds is 3. The summed E-state index contributed by atoms with van der Waals surface area (Å²) in [4.78, 5) is 4.05. The van der Waals surface area contributed by atoms with Crippen molar-refractivity contribution < 1.29 is 14.9 Å². The predicted molar refractivity (Wildman–Crippen MR) is 45.1 cm³/mol. The molecule has 0 saturated heterocycles. The van der Waals surface area contributed by atoms with Gasteiger partial charge in [0, 0.05) is 5.57 Å². The van der Waals surface area contributed by atoms with Gasteiger partial charge in [-0.2, -0.15) is 0 Å². The van der Waals surface area contributed by atoms with Crippen molar-refractivity contribution in [1.29, 1.82) is 0 Å². The Hall–Kier alpha value is -0.870. The highest BCUT2D eigenvalue weighted by Gasteiger charge is 2.35. The van der Waals surface area contributed by atoms with Gasteiger partial charge < -0.3 is 14.9 Å². The van der Waals surface area contributed by atoms with E-state index >= 15 is 0 Å². The quantitative estimate of drug-likeness (QED) is 0.613. The Morgan fingerprint density at radius 3 is 2.50 bits per heavy atom. The lowest BCUT2D eigenvalue weighted by Gasteiger charge is -2.16. The van der Waals surface area contributed by atoms with Crippen molar-refractivity contribution in [2.45, 2.75) is 12.5 Å². The van der Waals surface area contributed by atoms with E-state index in [4.69, 9.17) is 14.9 Å². The van der Waals surface area contributed by atoms with Crippen LogP contribution in [0.2, 0.25) is 0 Å². The van der Waals surface area contributed by atoms with Crippen LogP contribution < -0.4 is 0 Å². The Morgan fingerprint density at radius 1 is 1.67 bits per heavy atom. The summed E-state index contributed by atoms with van der Waals surface area (Å²) in [6.45, 7) is 5.23. The highest BCUT2D eigenvalue weighted by molar-refractivity contribution is 5.93. The Balaban J connectivity index is 2.80. The van der Waals surface area contributed by atoms with Crippen LogP contribution in [-0.2, 0) is 4.74 Å². The lowest BCUT2D eigenvalue weighted by Crippen LogP contribution is -2.37. The third-order valence-corrected chi connectivity index (χ3v) is 1.77. The molecular weight excluding hydrogens is 158 g/mol. The number of hydrogen-bond acceptors (Lipinski definition) is 4. The van der Waals surface area contributed by atoms with Crippen molar-refractivity contribution in [2.75, 3.05) is 19.8 Å². The molecule has 1 aliphatic heterocycles. The maximum absolute atomic E-state index is 8.94. The highest BCUT2D eigenvalue weighted by Crippen LogP contribution is 2.19. The molecule has 68 valence electrons. The molecule has 0 atom stereocenters. The zero-order valence-corrected chi connectivity index (χ0v) is 7.08. The zero-order valence-electron chi connectivity index (χ0n) is 7.08. The number of ether oxygens (including phenoxy) is 1. The Labute approximate surface area is 71.2 Å². The van der Waals surface area contributed by atoms with Crippen molar-refractivity contribution >= 4 is 5.90 Å². The second-order valence-corrected chi connectivity index (χ2v) is 3.03. The van der Waals surface area contributed by atoms with Gasteiger partial charge >= 0.3 is 0 Å². The fraction of sp³-hybridized carbons (Fsp3) is 0.625. The van der Waals surface area contributed by atoms with E-state index in [0.29, 0.717) is 11.5 Å². The first-order chi connectivity index (χ1) is 5.63. The molecule has 0 amide bonds. The van der Waals surface area contributed by atoms with E-state index in [2.05, 4.69) is 11.6 Å². The van der Waals surface area contributed by atoms with Gasteiger partial charge in [0.25, 0.3) is 0 Å². The van der Waals surface area contributed by atoms with Crippen LogP contribution in [0.25, 0.3) is 0 Å². The molecule has 0 aliphatic carbocycles. The summed E-state index contributed by atoms with van der Waals surface area (Å²) in [7, 11) is 0. The molecule has 4 nitrogen and oxygen atoms in total. The van der Waals surface area contributed by atoms with Gasteiger partial charge in [0.2, 0.25) is 5.90 Å². The van der Waals surface area contributed by atoms with E-state index in [9.17, 15) is 0 Å². The zero-order chi connectivity index (χ0) is 9.19. The van der Waals surface area contributed by atoms with Crippen molar-refractivity contribution in [2.24, 2.45) is 4.99 Å². The summed E-state index contributed by atoms with van der Waals surface area (Å²) in [6, 6.07) is 0. The van der Waals surface area contributed by atoms with Crippen LogP contribution in [0, 0.1) is 0 Å². The molecule has 0 fully saturated rings. The molecular formula is C8H13NO3. The van der Waals surface area contributed by atoms with E-state index in [1.54, 1.807) is 6.92 Å². The highest BCUT2D eigenvalue weighted by atomic mass is 16.5. The molecule has 0 unspecified atom stereocenters. The number of aliphatic imine (C=N–C) groups is 1. The summed E-state index contributed by atoms with van der Waals surface area (Å²) in [5.74, 6) is 0.429. The molecule has 0 bridgehead atoms. The lowest BCUT2D eigenvalue weighted by molar-refractivity contribution is 0.0977. The first kappa shape index (κ1) is 9.22. The number of aliphatic hydroxyl groups is 2. The van der Waals surface area contributed by atoms with Crippen molar-refractivity contribution in [1.82, 2.24) is 0 Å². The fourth-order valence-corrected chi connectivity index (χ4v) is 0.913. The Morgan fingerprint density at radius 2 is 2.25 bits per heavy atom. The van der Waals surface area contributed by atoms with Crippen LogP contribution >= 0.6 is 0 Å². The summed E-state index contributed by atoms with van der Waals surface area (Å²) in [5, 5.41) is 17.9. The van der Waals surface area contributed by atoms with Crippen molar-refractivity contribution in [3.05, 3.63) is 12.2 Å². The largest absolute Gasteiger partial charge is 0.475 e. The monoisotopic (exact) mass is 171 g/mol. The molecule has 0 saturated carbocycles. The molecule has 4 heteroatoms. The van der Waals surface area contributed by atoms with Crippen LogP contribution in [0.3, 0.4) is 0 Å². The maximum Gasteiger partial charge on any atom is 0.211 e. The normalized spacial score (nSPS) is 20.1. The van der Waals surface area contributed by atoms with E-state index in [1.165, 1.54) is 0 Å². The molecule has 1 rings (SSSR count). The maximum atomic E-state index is 8.94. The Bertz CT molecular complexity index is 218. The molecule has 12 heavy (non-hydrogen) atoms. The molecule has 0 radical (unpaired) electrons. The molecule has 1 heterocycles. The molecule has 0 aromatic heterocycles. The van der Waals surface area contributed by atoms with Crippen LogP contribution in [0.15, 0.2) is 17.1 Å². The molecule has 0 aromatic carbocycles. The molecule has 0 aromatic rings. The van der Waals surface area contributed by atoms with Gasteiger partial charge in [-0.1, -0.05) is 6.58 Å². The summed E-state index contributed by atoms with van der Waals surface area (Å²) < 4.78 is 5.14. The number of aliphatic hydroxyl groups excluding tert-OH is 2. The minimum Gasteiger partial charge on any atom is -0.475 e. The Kier molecular flexibility index (Phi) is 2.49. The summed E-state index contributed by atoms with van der Waals surface area (Å²) >= 11 is 0. The second kappa shape index (κ2) is 3.25. The SMILES string of the molecule is C=C(C)C1=NC(CO)(CO)CO1. The molecule has 1 aliphatic rings. The first-order valence-corrected chi connectivity index (χ1v) is 3.74. The molecule has 2 N–H and O–H groups in total. The van der Waals surface area contributed by atoms with Crippen LogP contribution in [0.1, 0.15) is 6.92 Å². The minimum absolute atomic E-state index is 0.208. The number of hydrogen-bond donors (Lipinski definition) is 2. The predicted octanol–water partition coefficient (Wildman–Crippen LogP) is -0.285. The average Bonchev–Trinajstić information content (AvgIpc) is 2.49. The lowest BCUT2D eigenvalue weighted by atomic mass is 10.1. The first-order valence-electron chi connectivity index (χ1n) is 3.74. The fourth-order valence-electron chi connectivity index (χ4n) is 0.913. The summed E-state index contributed by atoms with van der Waals surface area (Å²) in [6.07, 6.45) is 0. The third-order valence-electron chi connectivity index (χ3n) is 1.77. The minimum atomic E-state index is -0.853. The smallest absolute Gasteiger partial charge is 0.211 e. The van der Waals surface area contributed by atoms with Gasteiger partial charge in [-0.05, 0) is 6.92 Å². The number of nitrogens with zero attached hydrogens (tertiary/aromatic N) is 1.